The molecule has 0 amide bonds. The van der Waals surface area contributed by atoms with E-state index in [0.717, 1.165) is 29.2 Å². The Hall–Kier alpha value is -1.49. The predicted molar refractivity (Wildman–Crippen MR) is 127 cm³/mol. The van der Waals surface area contributed by atoms with Gasteiger partial charge >= 0.3 is 0 Å². The van der Waals surface area contributed by atoms with Crippen LogP contribution in [-0.4, -0.2) is 47.6 Å². The fraction of sp³-hybridized carbons (Fsp3) is 0.500. The Kier molecular flexibility index (Phi) is 6.90. The molecule has 3 heterocycles. The van der Waals surface area contributed by atoms with Crippen molar-refractivity contribution in [3.8, 4) is 11.1 Å². The Bertz CT molecular complexity index is 1130. The molecule has 0 aliphatic carbocycles. The third-order valence-corrected chi connectivity index (χ3v) is 8.76. The predicted octanol–water partition coefficient (Wildman–Crippen LogP) is 4.81. The maximum absolute atomic E-state index is 12.9. The van der Waals surface area contributed by atoms with Crippen LogP contribution in [0.5, 0.6) is 0 Å². The molecule has 0 atom stereocenters. The highest BCUT2D eigenvalue weighted by atomic mass is 79.9. The van der Waals surface area contributed by atoms with Crippen LogP contribution in [0.3, 0.4) is 0 Å². The van der Waals surface area contributed by atoms with Crippen molar-refractivity contribution in [3.63, 3.8) is 0 Å². The summed E-state index contributed by atoms with van der Waals surface area (Å²) in [6.07, 6.45) is 6.88. The molecule has 0 spiro atoms. The number of aromatic nitrogens is 4. The number of hydrogen-bond acceptors (Lipinski definition) is 5. The minimum atomic E-state index is -3.50. The zero-order chi connectivity index (χ0) is 22.1. The summed E-state index contributed by atoms with van der Waals surface area (Å²) in [4.78, 5) is 4.24. The zero-order valence-electron chi connectivity index (χ0n) is 18.1. The number of ether oxygens (including phenoxy) is 1. The molecule has 3 aromatic rings. The van der Waals surface area contributed by atoms with Crippen LogP contribution in [0.1, 0.15) is 13.8 Å². The van der Waals surface area contributed by atoms with Crippen LogP contribution in [-0.2, 0) is 21.5 Å². The smallest absolute Gasteiger partial charge is 0.239 e. The lowest BCUT2D eigenvalue weighted by molar-refractivity contribution is 0.0786. The Morgan fingerprint density at radius 2 is 1.93 bits per heavy atom. The molecule has 0 bridgehead atoms. The van der Waals surface area contributed by atoms with E-state index in [1.807, 2.05) is 26.1 Å². The van der Waals surface area contributed by atoms with Gasteiger partial charge in [-0.2, -0.15) is 5.10 Å². The van der Waals surface area contributed by atoms with Crippen molar-refractivity contribution in [2.75, 3.05) is 12.4 Å². The van der Waals surface area contributed by atoms with Crippen molar-refractivity contribution in [1.82, 2.24) is 18.7 Å². The van der Waals surface area contributed by atoms with Crippen molar-refractivity contribution in [2.45, 2.75) is 46.3 Å². The maximum Gasteiger partial charge on any atom is 0.239 e. The minimum absolute atomic E-state index is 0.0235. The van der Waals surface area contributed by atoms with E-state index in [1.165, 1.54) is 3.97 Å². The molecule has 0 unspecified atom stereocenters. The van der Waals surface area contributed by atoms with Crippen LogP contribution in [0.2, 0.25) is 25.7 Å². The lowest BCUT2D eigenvalue weighted by atomic mass is 10.1. The second-order valence-electron chi connectivity index (χ2n) is 9.15. The molecule has 0 fully saturated rings. The summed E-state index contributed by atoms with van der Waals surface area (Å²) in [6.45, 7) is 11.8. The highest BCUT2D eigenvalue weighted by Crippen LogP contribution is 2.33. The Labute approximate surface area is 187 Å². The van der Waals surface area contributed by atoms with Gasteiger partial charge in [-0.15, -0.1) is 0 Å². The lowest BCUT2D eigenvalue weighted by Crippen LogP contribution is -2.22. The normalized spacial score (nSPS) is 12.9. The largest absolute Gasteiger partial charge is 0.360 e. The number of pyridine rings is 1. The van der Waals surface area contributed by atoms with E-state index < -0.39 is 18.1 Å². The molecule has 164 valence electrons. The van der Waals surface area contributed by atoms with Gasteiger partial charge in [0, 0.05) is 43.6 Å². The number of hydrogen-bond donors (Lipinski definition) is 0. The molecule has 0 aliphatic heterocycles. The highest BCUT2D eigenvalue weighted by molar-refractivity contribution is 9.10. The van der Waals surface area contributed by atoms with Crippen molar-refractivity contribution in [3.05, 3.63) is 35.5 Å². The SMILES string of the molecule is CC(C)CS(=O)(=O)n1cc(-c2cnn(COCC[Si](C)(C)C)c2)c2cc(Br)ncc21. The molecule has 10 heteroatoms. The number of rotatable bonds is 9. The van der Waals surface area contributed by atoms with Gasteiger partial charge < -0.3 is 4.74 Å². The van der Waals surface area contributed by atoms with E-state index in [9.17, 15) is 8.42 Å². The van der Waals surface area contributed by atoms with Gasteiger partial charge in [0.25, 0.3) is 0 Å². The quantitative estimate of drug-likeness (QED) is 0.233. The molecular weight excluding hydrogens is 484 g/mol. The van der Waals surface area contributed by atoms with Crippen molar-refractivity contribution < 1.29 is 13.2 Å². The van der Waals surface area contributed by atoms with E-state index in [4.69, 9.17) is 4.74 Å². The maximum atomic E-state index is 12.9. The Balaban J connectivity index is 1.91. The molecule has 0 aliphatic rings. The van der Waals surface area contributed by atoms with Crippen molar-refractivity contribution >= 4 is 44.9 Å². The summed E-state index contributed by atoms with van der Waals surface area (Å²) >= 11 is 3.40. The van der Waals surface area contributed by atoms with Crippen molar-refractivity contribution in [1.29, 1.82) is 0 Å². The fourth-order valence-corrected chi connectivity index (χ4v) is 5.94. The molecule has 0 N–H and O–H groups in total. The van der Waals surface area contributed by atoms with Crippen molar-refractivity contribution in [2.24, 2.45) is 5.92 Å². The van der Waals surface area contributed by atoms with Gasteiger partial charge in [0.1, 0.15) is 11.3 Å². The molecule has 0 aromatic carbocycles. The van der Waals surface area contributed by atoms with Gasteiger partial charge in [-0.25, -0.2) is 22.1 Å². The molecular formula is C20H29BrN4O3SSi. The molecule has 0 saturated carbocycles. The number of fused-ring (bicyclic) bond motifs is 1. The first-order valence-electron chi connectivity index (χ1n) is 9.97. The van der Waals surface area contributed by atoms with Gasteiger partial charge in [0.2, 0.25) is 10.0 Å². The summed E-state index contributed by atoms with van der Waals surface area (Å²) in [7, 11) is -4.63. The molecule has 3 rings (SSSR count). The lowest BCUT2D eigenvalue weighted by Gasteiger charge is -2.15. The summed E-state index contributed by atoms with van der Waals surface area (Å²) in [5.41, 5.74) is 2.20. The third kappa shape index (κ3) is 5.60. The van der Waals surface area contributed by atoms with E-state index in [1.54, 1.807) is 23.3 Å². The first-order valence-corrected chi connectivity index (χ1v) is 16.1. The highest BCUT2D eigenvalue weighted by Gasteiger charge is 2.22. The second kappa shape index (κ2) is 8.94. The minimum Gasteiger partial charge on any atom is -0.360 e. The van der Waals surface area contributed by atoms with Gasteiger partial charge in [-0.3, -0.25) is 0 Å². The van der Waals surface area contributed by atoms with E-state index in [-0.39, 0.29) is 11.7 Å². The average Bonchev–Trinajstić information content (AvgIpc) is 3.21. The fourth-order valence-electron chi connectivity index (χ4n) is 3.14. The van der Waals surface area contributed by atoms with E-state index >= 15 is 0 Å². The standard InChI is InChI=1S/C20H29BrN4O3SSi/c1-15(2)13-29(26,27)25-12-18(17-8-20(21)22-10-19(17)25)16-9-23-24(11-16)14-28-6-7-30(3,4)5/h8-12,15H,6-7,13-14H2,1-5H3. The second-order valence-corrected chi connectivity index (χ2v) is 17.5. The first kappa shape index (κ1) is 23.2. The van der Waals surface area contributed by atoms with Gasteiger partial charge in [-0.05, 0) is 34.0 Å². The molecule has 3 aromatic heterocycles. The van der Waals surface area contributed by atoms with Gasteiger partial charge in [0.05, 0.1) is 23.7 Å². The van der Waals surface area contributed by atoms with Gasteiger partial charge in [-0.1, -0.05) is 33.5 Å². The number of nitrogens with zero attached hydrogens (tertiary/aromatic N) is 4. The summed E-state index contributed by atoms with van der Waals surface area (Å²) in [6, 6.07) is 2.94. The molecule has 0 saturated heterocycles. The monoisotopic (exact) mass is 512 g/mol. The molecule has 7 nitrogen and oxygen atoms in total. The summed E-state index contributed by atoms with van der Waals surface area (Å²) < 4.78 is 35.4. The van der Waals surface area contributed by atoms with Crippen LogP contribution in [0.25, 0.3) is 22.0 Å². The molecule has 0 radical (unpaired) electrons. The first-order chi connectivity index (χ1) is 14.0. The third-order valence-electron chi connectivity index (χ3n) is 4.63. The summed E-state index contributed by atoms with van der Waals surface area (Å²) in [5.74, 6) is 0.0894. The van der Waals surface area contributed by atoms with Crippen LogP contribution < -0.4 is 0 Å². The van der Waals surface area contributed by atoms with Crippen LogP contribution in [0, 0.1) is 5.92 Å². The van der Waals surface area contributed by atoms with Gasteiger partial charge in [0.15, 0.2) is 0 Å². The zero-order valence-corrected chi connectivity index (χ0v) is 21.5. The van der Waals surface area contributed by atoms with Crippen LogP contribution in [0.4, 0.5) is 0 Å². The summed E-state index contributed by atoms with van der Waals surface area (Å²) in [5, 5.41) is 5.20. The van der Waals surface area contributed by atoms with Crippen LogP contribution in [0.15, 0.2) is 35.5 Å². The number of halogens is 1. The van der Waals surface area contributed by atoms with Crippen LogP contribution >= 0.6 is 15.9 Å². The topological polar surface area (TPSA) is 79.0 Å². The Morgan fingerprint density at radius 1 is 1.20 bits per heavy atom. The van der Waals surface area contributed by atoms with E-state index in [2.05, 4.69) is 45.7 Å². The Morgan fingerprint density at radius 3 is 2.60 bits per heavy atom. The van der Waals surface area contributed by atoms with E-state index in [0.29, 0.717) is 16.9 Å². The average molecular weight is 514 g/mol. The molecule has 30 heavy (non-hydrogen) atoms.